The van der Waals surface area contributed by atoms with Gasteiger partial charge < -0.3 is 5.32 Å². The van der Waals surface area contributed by atoms with Crippen molar-refractivity contribution < 1.29 is 8.42 Å². The normalized spacial score (nSPS) is 13.3. The van der Waals surface area contributed by atoms with Crippen molar-refractivity contribution in [3.8, 4) is 0 Å². The van der Waals surface area contributed by atoms with Crippen LogP contribution in [0.3, 0.4) is 0 Å². The summed E-state index contributed by atoms with van der Waals surface area (Å²) in [7, 11) is -1.23. The van der Waals surface area contributed by atoms with Crippen LogP contribution in [0, 0.1) is 6.92 Å². The highest BCUT2D eigenvalue weighted by Crippen LogP contribution is 2.17. The first-order chi connectivity index (χ1) is 9.77. The summed E-state index contributed by atoms with van der Waals surface area (Å²) in [6, 6.07) is 7.14. The Bertz CT molecular complexity index is 718. The number of aryl methyl sites for hydroxylation is 2. The molecule has 0 aliphatic heterocycles. The molecule has 0 amide bonds. The predicted octanol–water partition coefficient (Wildman–Crippen LogP) is 1.98. The summed E-state index contributed by atoms with van der Waals surface area (Å²) >= 11 is 0. The second kappa shape index (κ2) is 5.99. The minimum absolute atomic E-state index is 0.137. The lowest BCUT2D eigenvalue weighted by molar-refractivity contribution is 0.572. The van der Waals surface area contributed by atoms with E-state index in [0.29, 0.717) is 4.90 Å². The van der Waals surface area contributed by atoms with Crippen LogP contribution in [0.2, 0.25) is 0 Å². The van der Waals surface area contributed by atoms with Crippen LogP contribution in [0.15, 0.2) is 35.4 Å². The molecule has 1 N–H and O–H groups in total. The minimum atomic E-state index is -3.13. The zero-order valence-corrected chi connectivity index (χ0v) is 13.6. The van der Waals surface area contributed by atoms with Crippen LogP contribution in [0.1, 0.15) is 29.8 Å². The molecule has 1 atom stereocenters. The molecule has 2 rings (SSSR count). The van der Waals surface area contributed by atoms with Crippen LogP contribution < -0.4 is 5.32 Å². The Morgan fingerprint density at radius 2 is 1.90 bits per heavy atom. The van der Waals surface area contributed by atoms with Gasteiger partial charge in [-0.3, -0.25) is 4.68 Å². The SMILES string of the molecule is Cc1nn(C)cc1CNC(C)c1ccc(S(C)(=O)=O)cc1. The largest absolute Gasteiger partial charge is 0.306 e. The second-order valence-electron chi connectivity index (χ2n) is 5.36. The first-order valence-corrected chi connectivity index (χ1v) is 8.69. The number of sulfone groups is 1. The van der Waals surface area contributed by atoms with Crippen LogP contribution in [-0.2, 0) is 23.4 Å². The monoisotopic (exact) mass is 307 g/mol. The van der Waals surface area contributed by atoms with Crippen LogP contribution >= 0.6 is 0 Å². The van der Waals surface area contributed by atoms with Crippen LogP contribution in [-0.4, -0.2) is 24.5 Å². The fourth-order valence-corrected chi connectivity index (χ4v) is 2.84. The number of rotatable bonds is 5. The van der Waals surface area contributed by atoms with Gasteiger partial charge in [-0.2, -0.15) is 5.10 Å². The fourth-order valence-electron chi connectivity index (χ4n) is 2.21. The van der Waals surface area contributed by atoms with Crippen molar-refractivity contribution in [3.05, 3.63) is 47.3 Å². The molecule has 1 unspecified atom stereocenters. The first kappa shape index (κ1) is 15.7. The van der Waals surface area contributed by atoms with E-state index in [9.17, 15) is 8.42 Å². The van der Waals surface area contributed by atoms with E-state index in [1.165, 1.54) is 6.26 Å². The fraction of sp³-hybridized carbons (Fsp3) is 0.400. The van der Waals surface area contributed by atoms with Gasteiger partial charge in [-0.05, 0) is 31.5 Å². The first-order valence-electron chi connectivity index (χ1n) is 6.80. The Labute approximate surface area is 125 Å². The molecule has 0 aliphatic rings. The van der Waals surface area contributed by atoms with E-state index in [2.05, 4.69) is 17.3 Å². The zero-order valence-electron chi connectivity index (χ0n) is 12.8. The van der Waals surface area contributed by atoms with Crippen molar-refractivity contribution in [1.82, 2.24) is 15.1 Å². The topological polar surface area (TPSA) is 64.0 Å². The van der Waals surface area contributed by atoms with E-state index >= 15 is 0 Å². The molecular formula is C15H21N3O2S. The van der Waals surface area contributed by atoms with E-state index < -0.39 is 9.84 Å². The summed E-state index contributed by atoms with van der Waals surface area (Å²) in [6.45, 7) is 4.78. The summed E-state index contributed by atoms with van der Waals surface area (Å²) in [5, 5.41) is 7.74. The molecule has 0 fully saturated rings. The van der Waals surface area contributed by atoms with Gasteiger partial charge in [0.15, 0.2) is 9.84 Å². The maximum absolute atomic E-state index is 11.4. The number of nitrogens with one attached hydrogen (secondary N) is 1. The summed E-state index contributed by atoms with van der Waals surface area (Å²) < 4.78 is 24.7. The van der Waals surface area contributed by atoms with E-state index in [0.717, 1.165) is 23.4 Å². The Hall–Kier alpha value is -1.66. The number of benzene rings is 1. The van der Waals surface area contributed by atoms with Crippen LogP contribution in [0.5, 0.6) is 0 Å². The van der Waals surface area contributed by atoms with Gasteiger partial charge in [-0.25, -0.2) is 8.42 Å². The lowest BCUT2D eigenvalue weighted by Crippen LogP contribution is -2.18. The summed E-state index contributed by atoms with van der Waals surface area (Å²) in [6.07, 6.45) is 3.22. The molecule has 5 nitrogen and oxygen atoms in total. The number of nitrogens with zero attached hydrogens (tertiary/aromatic N) is 2. The van der Waals surface area contributed by atoms with E-state index in [4.69, 9.17) is 0 Å². The van der Waals surface area contributed by atoms with Gasteiger partial charge in [0.2, 0.25) is 0 Å². The molecular weight excluding hydrogens is 286 g/mol. The number of aromatic nitrogens is 2. The maximum atomic E-state index is 11.4. The molecule has 1 heterocycles. The van der Waals surface area contributed by atoms with E-state index in [-0.39, 0.29) is 6.04 Å². The van der Waals surface area contributed by atoms with Gasteiger partial charge in [-0.15, -0.1) is 0 Å². The summed E-state index contributed by atoms with van der Waals surface area (Å²) in [4.78, 5) is 0.349. The smallest absolute Gasteiger partial charge is 0.175 e. The Morgan fingerprint density at radius 3 is 2.38 bits per heavy atom. The number of hydrogen-bond acceptors (Lipinski definition) is 4. The predicted molar refractivity (Wildman–Crippen MR) is 82.8 cm³/mol. The molecule has 0 aliphatic carbocycles. The van der Waals surface area contributed by atoms with Crippen molar-refractivity contribution >= 4 is 9.84 Å². The molecule has 0 spiro atoms. The van der Waals surface area contributed by atoms with Gasteiger partial charge in [0.05, 0.1) is 10.6 Å². The summed E-state index contributed by atoms with van der Waals surface area (Å²) in [5.41, 5.74) is 3.24. The standard InChI is InChI=1S/C15H21N3O2S/c1-11(16-9-14-10-18(3)17-12(14)2)13-5-7-15(8-6-13)21(4,19)20/h5-8,10-11,16H,9H2,1-4H3. The van der Waals surface area contributed by atoms with Crippen LogP contribution in [0.4, 0.5) is 0 Å². The molecule has 0 bridgehead atoms. The molecule has 0 radical (unpaired) electrons. The number of hydrogen-bond donors (Lipinski definition) is 1. The molecule has 1 aromatic carbocycles. The molecule has 0 saturated heterocycles. The van der Waals surface area contributed by atoms with Gasteiger partial charge in [0, 0.05) is 37.7 Å². The Balaban J connectivity index is 2.03. The van der Waals surface area contributed by atoms with E-state index in [1.54, 1.807) is 16.8 Å². The van der Waals surface area contributed by atoms with Crippen molar-refractivity contribution in [2.45, 2.75) is 31.3 Å². The Morgan fingerprint density at radius 1 is 1.29 bits per heavy atom. The molecule has 2 aromatic rings. The van der Waals surface area contributed by atoms with Crippen LogP contribution in [0.25, 0.3) is 0 Å². The zero-order chi connectivity index (χ0) is 15.6. The third-order valence-corrected chi connectivity index (χ3v) is 4.65. The van der Waals surface area contributed by atoms with Gasteiger partial charge in [-0.1, -0.05) is 12.1 Å². The molecule has 114 valence electrons. The Kier molecular flexibility index (Phi) is 4.49. The maximum Gasteiger partial charge on any atom is 0.175 e. The lowest BCUT2D eigenvalue weighted by Gasteiger charge is -2.14. The third kappa shape index (κ3) is 3.92. The highest BCUT2D eigenvalue weighted by atomic mass is 32.2. The minimum Gasteiger partial charge on any atom is -0.306 e. The average Bonchev–Trinajstić information content (AvgIpc) is 2.73. The van der Waals surface area contributed by atoms with Gasteiger partial charge in [0.25, 0.3) is 0 Å². The van der Waals surface area contributed by atoms with Crippen molar-refractivity contribution in [3.63, 3.8) is 0 Å². The van der Waals surface area contributed by atoms with Crippen molar-refractivity contribution in [1.29, 1.82) is 0 Å². The van der Waals surface area contributed by atoms with Crippen molar-refractivity contribution in [2.24, 2.45) is 7.05 Å². The highest BCUT2D eigenvalue weighted by molar-refractivity contribution is 7.90. The van der Waals surface area contributed by atoms with Gasteiger partial charge in [0.1, 0.15) is 0 Å². The van der Waals surface area contributed by atoms with Gasteiger partial charge >= 0.3 is 0 Å². The molecule has 0 saturated carbocycles. The average molecular weight is 307 g/mol. The lowest BCUT2D eigenvalue weighted by atomic mass is 10.1. The van der Waals surface area contributed by atoms with Crippen molar-refractivity contribution in [2.75, 3.05) is 6.26 Å². The molecule has 1 aromatic heterocycles. The quantitative estimate of drug-likeness (QED) is 0.917. The molecule has 6 heteroatoms. The molecule has 21 heavy (non-hydrogen) atoms. The van der Waals surface area contributed by atoms with E-state index in [1.807, 2.05) is 32.3 Å². The third-order valence-electron chi connectivity index (χ3n) is 3.52. The summed E-state index contributed by atoms with van der Waals surface area (Å²) in [5.74, 6) is 0. The second-order valence-corrected chi connectivity index (χ2v) is 7.37. The highest BCUT2D eigenvalue weighted by Gasteiger charge is 2.10.